The highest BCUT2D eigenvalue weighted by atomic mass is 14.9. The number of hydrogen-bond acceptors (Lipinski definition) is 2. The van der Waals surface area contributed by atoms with Crippen molar-refractivity contribution >= 4 is 0 Å². The molecule has 1 unspecified atom stereocenters. The predicted molar refractivity (Wildman–Crippen MR) is 25.2 cm³/mol. The maximum atomic E-state index is 8.17. The van der Waals surface area contributed by atoms with E-state index in [1.807, 2.05) is 12.1 Å². The molecule has 0 saturated heterocycles. The number of nitriles is 1. The monoisotopic (exact) mass is 93.0 g/mol. The van der Waals surface area contributed by atoms with E-state index in [1.54, 1.807) is 0 Å². The summed E-state index contributed by atoms with van der Waals surface area (Å²) in [6, 6.07) is 1.86. The summed E-state index contributed by atoms with van der Waals surface area (Å²) in [6.45, 7) is 0.790. The van der Waals surface area contributed by atoms with Gasteiger partial charge in [0.25, 0.3) is 0 Å². The number of nitrogens with zero attached hydrogens (tertiary/aromatic N) is 1. The molecule has 1 atom stereocenters. The second-order valence-electron chi connectivity index (χ2n) is 1.34. The maximum absolute atomic E-state index is 8.17. The van der Waals surface area contributed by atoms with Gasteiger partial charge in [-0.2, -0.15) is 5.26 Å². The van der Waals surface area contributed by atoms with Gasteiger partial charge in [0.15, 0.2) is 0 Å². The van der Waals surface area contributed by atoms with Crippen LogP contribution in [0.3, 0.4) is 0 Å². The Labute approximate surface area is 42.4 Å². The molecule has 2 heteroatoms. The van der Waals surface area contributed by atoms with Crippen LogP contribution in [0, 0.1) is 17.4 Å². The molecule has 0 amide bonds. The normalized spacial score (nSPS) is 27.6. The third kappa shape index (κ3) is 0.787. The lowest BCUT2D eigenvalue weighted by Gasteiger charge is -1.90. The molecule has 35 valence electrons. The SMILES string of the molecule is N#CC1[C]=CCN1. The van der Waals surface area contributed by atoms with Crippen LogP contribution in [0.15, 0.2) is 6.08 Å². The quantitative estimate of drug-likeness (QED) is 0.451. The van der Waals surface area contributed by atoms with Crippen molar-refractivity contribution in [2.75, 3.05) is 6.54 Å². The van der Waals surface area contributed by atoms with Gasteiger partial charge in [0.1, 0.15) is 6.04 Å². The summed E-state index contributed by atoms with van der Waals surface area (Å²) in [6.07, 6.45) is 4.64. The smallest absolute Gasteiger partial charge is 0.121 e. The van der Waals surface area contributed by atoms with Crippen LogP contribution in [0.25, 0.3) is 0 Å². The second-order valence-corrected chi connectivity index (χ2v) is 1.34. The molecule has 0 aromatic rings. The first-order valence-electron chi connectivity index (χ1n) is 2.14. The third-order valence-electron chi connectivity index (χ3n) is 0.838. The molecular formula is C5H5N2. The first-order valence-corrected chi connectivity index (χ1v) is 2.14. The van der Waals surface area contributed by atoms with Crippen LogP contribution in [0.5, 0.6) is 0 Å². The minimum atomic E-state index is -0.153. The molecular weight excluding hydrogens is 88.1 g/mol. The Kier molecular flexibility index (Phi) is 1.10. The van der Waals surface area contributed by atoms with Gasteiger partial charge in [-0.15, -0.1) is 0 Å². The van der Waals surface area contributed by atoms with Crippen molar-refractivity contribution in [2.24, 2.45) is 0 Å². The average Bonchev–Trinajstić information content (AvgIpc) is 2.14. The van der Waals surface area contributed by atoms with Crippen LogP contribution >= 0.6 is 0 Å². The summed E-state index contributed by atoms with van der Waals surface area (Å²) in [5.74, 6) is 0. The van der Waals surface area contributed by atoms with E-state index in [0.717, 1.165) is 6.54 Å². The lowest BCUT2D eigenvalue weighted by atomic mass is 10.4. The predicted octanol–water partition coefficient (Wildman–Crippen LogP) is -0.159. The van der Waals surface area contributed by atoms with Crippen LogP contribution in [-0.4, -0.2) is 12.6 Å². The second kappa shape index (κ2) is 1.76. The molecule has 1 aliphatic rings. The van der Waals surface area contributed by atoms with Crippen molar-refractivity contribution in [1.29, 1.82) is 5.26 Å². The minimum Gasteiger partial charge on any atom is -0.295 e. The van der Waals surface area contributed by atoms with Crippen molar-refractivity contribution < 1.29 is 0 Å². The first kappa shape index (κ1) is 4.35. The molecule has 2 nitrogen and oxygen atoms in total. The summed E-state index contributed by atoms with van der Waals surface area (Å²) in [4.78, 5) is 0. The first-order chi connectivity index (χ1) is 3.43. The van der Waals surface area contributed by atoms with Crippen molar-refractivity contribution in [3.05, 3.63) is 12.2 Å². The maximum Gasteiger partial charge on any atom is 0.121 e. The molecule has 0 bridgehead atoms. The van der Waals surface area contributed by atoms with Crippen LogP contribution in [0.1, 0.15) is 0 Å². The molecule has 0 saturated carbocycles. The van der Waals surface area contributed by atoms with Crippen LogP contribution < -0.4 is 5.32 Å². The van der Waals surface area contributed by atoms with Gasteiger partial charge >= 0.3 is 0 Å². The summed E-state index contributed by atoms with van der Waals surface area (Å²) >= 11 is 0. The fraction of sp³-hybridized carbons (Fsp3) is 0.400. The minimum absolute atomic E-state index is 0.153. The zero-order chi connectivity index (χ0) is 5.11. The number of hydrogen-bond donors (Lipinski definition) is 1. The van der Waals surface area contributed by atoms with E-state index < -0.39 is 0 Å². The van der Waals surface area contributed by atoms with Crippen molar-refractivity contribution in [2.45, 2.75) is 6.04 Å². The van der Waals surface area contributed by atoms with Gasteiger partial charge in [-0.25, -0.2) is 0 Å². The van der Waals surface area contributed by atoms with E-state index in [-0.39, 0.29) is 6.04 Å². The van der Waals surface area contributed by atoms with Gasteiger partial charge in [-0.05, 0) is 6.08 Å². The number of nitrogens with one attached hydrogen (secondary N) is 1. The van der Waals surface area contributed by atoms with E-state index in [9.17, 15) is 0 Å². The highest BCUT2D eigenvalue weighted by Crippen LogP contribution is 1.88. The lowest BCUT2D eigenvalue weighted by molar-refractivity contribution is 0.783. The van der Waals surface area contributed by atoms with Gasteiger partial charge in [-0.1, -0.05) is 6.08 Å². The zero-order valence-corrected chi connectivity index (χ0v) is 3.81. The van der Waals surface area contributed by atoms with Crippen molar-refractivity contribution in [3.63, 3.8) is 0 Å². The van der Waals surface area contributed by atoms with Crippen LogP contribution in [-0.2, 0) is 0 Å². The van der Waals surface area contributed by atoms with Gasteiger partial charge in [0.05, 0.1) is 6.07 Å². The molecule has 1 radical (unpaired) electrons. The topological polar surface area (TPSA) is 35.8 Å². The van der Waals surface area contributed by atoms with Crippen molar-refractivity contribution in [3.8, 4) is 6.07 Å². The van der Waals surface area contributed by atoms with Gasteiger partial charge in [0.2, 0.25) is 0 Å². The molecule has 0 spiro atoms. The summed E-state index contributed by atoms with van der Waals surface area (Å²) < 4.78 is 0. The molecule has 0 aliphatic carbocycles. The third-order valence-corrected chi connectivity index (χ3v) is 0.838. The van der Waals surface area contributed by atoms with Gasteiger partial charge < -0.3 is 0 Å². The Morgan fingerprint density at radius 2 is 2.86 bits per heavy atom. The molecule has 1 rings (SSSR count). The average molecular weight is 93.1 g/mol. The Morgan fingerprint density at radius 3 is 3.14 bits per heavy atom. The largest absolute Gasteiger partial charge is 0.295 e. The zero-order valence-electron chi connectivity index (χ0n) is 3.81. The molecule has 1 aliphatic heterocycles. The summed E-state index contributed by atoms with van der Waals surface area (Å²) in [5, 5.41) is 11.0. The van der Waals surface area contributed by atoms with E-state index >= 15 is 0 Å². The van der Waals surface area contributed by atoms with Crippen LogP contribution in [0.2, 0.25) is 0 Å². The Bertz CT molecular complexity index is 121. The highest BCUT2D eigenvalue weighted by Gasteiger charge is 2.03. The molecule has 1 N–H and O–H groups in total. The van der Waals surface area contributed by atoms with Gasteiger partial charge in [0, 0.05) is 6.54 Å². The van der Waals surface area contributed by atoms with Crippen molar-refractivity contribution in [1.82, 2.24) is 5.32 Å². The molecule has 7 heavy (non-hydrogen) atoms. The number of rotatable bonds is 0. The standard InChI is InChI=1S/C5H5N2/c6-4-5-2-1-3-7-5/h1,5,7H,3H2. The summed E-state index contributed by atoms with van der Waals surface area (Å²) in [7, 11) is 0. The Morgan fingerprint density at radius 1 is 2.00 bits per heavy atom. The van der Waals surface area contributed by atoms with E-state index in [2.05, 4.69) is 11.4 Å². The van der Waals surface area contributed by atoms with Gasteiger partial charge in [-0.3, -0.25) is 5.32 Å². The van der Waals surface area contributed by atoms with E-state index in [0.29, 0.717) is 0 Å². The lowest BCUT2D eigenvalue weighted by Crippen LogP contribution is -2.19. The molecule has 0 fully saturated rings. The summed E-state index contributed by atoms with van der Waals surface area (Å²) in [5.41, 5.74) is 0. The van der Waals surface area contributed by atoms with Crippen LogP contribution in [0.4, 0.5) is 0 Å². The fourth-order valence-electron chi connectivity index (χ4n) is 0.495. The fourth-order valence-corrected chi connectivity index (χ4v) is 0.495. The van der Waals surface area contributed by atoms with E-state index in [1.165, 1.54) is 0 Å². The Balaban J connectivity index is 2.47. The van der Waals surface area contributed by atoms with E-state index in [4.69, 9.17) is 5.26 Å². The highest BCUT2D eigenvalue weighted by molar-refractivity contribution is 5.06. The Hall–Kier alpha value is -0.810. The molecule has 1 heterocycles. The molecule has 0 aromatic carbocycles. The molecule has 0 aromatic heterocycles.